The number of aliphatic hydroxyl groups is 1. The first-order valence-electron chi connectivity index (χ1n) is 6.20. The Morgan fingerprint density at radius 1 is 1.62 bits per heavy atom. The average Bonchev–Trinajstić information content (AvgIpc) is 2.28. The van der Waals surface area contributed by atoms with E-state index in [1.165, 1.54) is 0 Å². The van der Waals surface area contributed by atoms with Crippen LogP contribution >= 0.6 is 12.6 Å². The minimum Gasteiger partial charge on any atom is -0.387 e. The zero-order valence-electron chi connectivity index (χ0n) is 10.3. The Hall–Kier alpha value is 0.230. The summed E-state index contributed by atoms with van der Waals surface area (Å²) in [6.45, 7) is 5.35. The van der Waals surface area contributed by atoms with E-state index in [0.29, 0.717) is 6.61 Å². The van der Waals surface area contributed by atoms with E-state index in [2.05, 4.69) is 19.6 Å². The number of thiol groups is 1. The van der Waals surface area contributed by atoms with Crippen molar-refractivity contribution in [2.45, 2.75) is 63.1 Å². The van der Waals surface area contributed by atoms with Crippen molar-refractivity contribution in [3.63, 3.8) is 0 Å². The Balaban J connectivity index is 2.33. The monoisotopic (exact) mass is 248 g/mol. The van der Waals surface area contributed by atoms with Gasteiger partial charge in [-0.05, 0) is 26.2 Å². The van der Waals surface area contributed by atoms with Crippen LogP contribution in [0.15, 0.2) is 0 Å². The summed E-state index contributed by atoms with van der Waals surface area (Å²) in [7, 11) is 0. The average molecular weight is 248 g/mol. The molecule has 1 heterocycles. The molecule has 1 fully saturated rings. The maximum Gasteiger partial charge on any atom is 0.129 e. The Morgan fingerprint density at radius 3 is 2.94 bits per heavy atom. The second kappa shape index (κ2) is 6.84. The van der Waals surface area contributed by atoms with Crippen LogP contribution in [-0.2, 0) is 9.47 Å². The lowest BCUT2D eigenvalue weighted by atomic mass is 10.00. The van der Waals surface area contributed by atoms with Gasteiger partial charge in [-0.25, -0.2) is 0 Å². The molecule has 1 aliphatic rings. The molecule has 0 amide bonds. The summed E-state index contributed by atoms with van der Waals surface area (Å²) in [6.07, 6.45) is 4.91. The molecule has 1 saturated heterocycles. The van der Waals surface area contributed by atoms with E-state index in [0.717, 1.165) is 38.7 Å². The van der Waals surface area contributed by atoms with Crippen molar-refractivity contribution >= 4 is 12.6 Å². The first-order chi connectivity index (χ1) is 7.56. The zero-order valence-corrected chi connectivity index (χ0v) is 11.2. The summed E-state index contributed by atoms with van der Waals surface area (Å²) in [5, 5.41) is 10.2. The normalized spacial score (nSPS) is 27.4. The number of rotatable bonds is 6. The number of hydrogen-bond acceptors (Lipinski definition) is 4. The van der Waals surface area contributed by atoms with Crippen molar-refractivity contribution in [1.29, 1.82) is 0 Å². The summed E-state index contributed by atoms with van der Waals surface area (Å²) in [4.78, 5) is 0. The van der Waals surface area contributed by atoms with Crippen LogP contribution < -0.4 is 0 Å². The fourth-order valence-electron chi connectivity index (χ4n) is 1.81. The Morgan fingerprint density at radius 2 is 2.38 bits per heavy atom. The summed E-state index contributed by atoms with van der Waals surface area (Å²) in [5.74, 6) is 0. The molecule has 4 heteroatoms. The molecular formula is C12H24O3S. The lowest BCUT2D eigenvalue weighted by molar-refractivity contribution is -0.119. The largest absolute Gasteiger partial charge is 0.387 e. The van der Waals surface area contributed by atoms with Crippen molar-refractivity contribution in [2.24, 2.45) is 0 Å². The molecule has 3 unspecified atom stereocenters. The smallest absolute Gasteiger partial charge is 0.129 e. The van der Waals surface area contributed by atoms with Crippen LogP contribution in [0.25, 0.3) is 0 Å². The third kappa shape index (κ3) is 4.62. The van der Waals surface area contributed by atoms with Crippen LogP contribution in [0.5, 0.6) is 0 Å². The van der Waals surface area contributed by atoms with Crippen LogP contribution in [0.3, 0.4) is 0 Å². The first kappa shape index (κ1) is 14.3. The van der Waals surface area contributed by atoms with Crippen LogP contribution in [0.4, 0.5) is 0 Å². The quantitative estimate of drug-likeness (QED) is 0.560. The van der Waals surface area contributed by atoms with Gasteiger partial charge >= 0.3 is 0 Å². The number of ether oxygens (including phenoxy) is 2. The molecule has 1 rings (SSSR count). The predicted octanol–water partition coefficient (Wildman–Crippen LogP) is 2.38. The lowest BCUT2D eigenvalue weighted by Crippen LogP contribution is -2.41. The first-order valence-corrected chi connectivity index (χ1v) is 6.71. The second-order valence-electron chi connectivity index (χ2n) is 4.79. The number of unbranched alkanes of at least 4 members (excludes halogenated alkanes) is 1. The maximum atomic E-state index is 10.2. The van der Waals surface area contributed by atoms with Crippen LogP contribution in [0.1, 0.15) is 46.0 Å². The fourth-order valence-corrected chi connectivity index (χ4v) is 2.11. The van der Waals surface area contributed by atoms with E-state index < -0.39 is 11.0 Å². The Kier molecular flexibility index (Phi) is 6.11. The van der Waals surface area contributed by atoms with E-state index in [4.69, 9.17) is 9.47 Å². The van der Waals surface area contributed by atoms with Gasteiger partial charge in [0.05, 0.1) is 18.3 Å². The molecule has 0 aromatic rings. The maximum absolute atomic E-state index is 10.2. The van der Waals surface area contributed by atoms with Crippen LogP contribution in [0, 0.1) is 0 Å². The summed E-state index contributed by atoms with van der Waals surface area (Å²) < 4.78 is 11.1. The minimum atomic E-state index is -0.851. The van der Waals surface area contributed by atoms with Gasteiger partial charge in [-0.1, -0.05) is 19.8 Å². The predicted molar refractivity (Wildman–Crippen MR) is 67.8 cm³/mol. The third-order valence-corrected chi connectivity index (χ3v) is 3.69. The highest BCUT2D eigenvalue weighted by Crippen LogP contribution is 2.26. The molecule has 96 valence electrons. The molecule has 3 atom stereocenters. The molecule has 0 aromatic carbocycles. The highest BCUT2D eigenvalue weighted by Gasteiger charge is 2.31. The van der Waals surface area contributed by atoms with Gasteiger partial charge < -0.3 is 14.6 Å². The fraction of sp³-hybridized carbons (Fsp3) is 1.00. The van der Waals surface area contributed by atoms with Crippen molar-refractivity contribution in [1.82, 2.24) is 0 Å². The standard InChI is InChI=1S/C12H24O3S/c1-3-4-7-12(2,13)11(16)15-10-6-5-8-14-9-10/h10-11,13,16H,3-9H2,1-2H3. The molecular weight excluding hydrogens is 224 g/mol. The Labute approximate surface area is 104 Å². The minimum absolute atomic E-state index is 0.0874. The molecule has 3 nitrogen and oxygen atoms in total. The summed E-state index contributed by atoms with van der Waals surface area (Å²) >= 11 is 4.37. The van der Waals surface area contributed by atoms with E-state index in [9.17, 15) is 5.11 Å². The molecule has 0 radical (unpaired) electrons. The van der Waals surface area contributed by atoms with Gasteiger partial charge in [0.2, 0.25) is 0 Å². The number of hydrogen-bond donors (Lipinski definition) is 2. The lowest BCUT2D eigenvalue weighted by Gasteiger charge is -2.33. The van der Waals surface area contributed by atoms with E-state index in [-0.39, 0.29) is 6.10 Å². The molecule has 16 heavy (non-hydrogen) atoms. The van der Waals surface area contributed by atoms with Gasteiger partial charge in [-0.2, -0.15) is 0 Å². The Bertz CT molecular complexity index is 191. The van der Waals surface area contributed by atoms with Crippen molar-refractivity contribution < 1.29 is 14.6 Å². The molecule has 1 N–H and O–H groups in total. The van der Waals surface area contributed by atoms with Crippen LogP contribution in [0.2, 0.25) is 0 Å². The molecule has 0 saturated carbocycles. The molecule has 1 aliphatic heterocycles. The van der Waals surface area contributed by atoms with Gasteiger partial charge in [0.1, 0.15) is 5.44 Å². The van der Waals surface area contributed by atoms with Gasteiger partial charge in [0, 0.05) is 6.61 Å². The summed E-state index contributed by atoms with van der Waals surface area (Å²) in [5.41, 5.74) is -1.28. The summed E-state index contributed by atoms with van der Waals surface area (Å²) in [6, 6.07) is 0. The van der Waals surface area contributed by atoms with E-state index in [1.54, 1.807) is 6.92 Å². The van der Waals surface area contributed by atoms with Crippen molar-refractivity contribution in [3.05, 3.63) is 0 Å². The topological polar surface area (TPSA) is 38.7 Å². The highest BCUT2D eigenvalue weighted by atomic mass is 32.1. The highest BCUT2D eigenvalue weighted by molar-refractivity contribution is 7.80. The molecule has 0 aromatic heterocycles. The van der Waals surface area contributed by atoms with Gasteiger partial charge in [0.25, 0.3) is 0 Å². The van der Waals surface area contributed by atoms with Gasteiger partial charge in [-0.3, -0.25) is 0 Å². The SMILES string of the molecule is CCCCC(C)(O)C(S)OC1CCCOC1. The van der Waals surface area contributed by atoms with Crippen LogP contribution in [-0.4, -0.2) is 35.5 Å². The van der Waals surface area contributed by atoms with Gasteiger partial charge in [0.15, 0.2) is 0 Å². The van der Waals surface area contributed by atoms with Crippen molar-refractivity contribution in [2.75, 3.05) is 13.2 Å². The van der Waals surface area contributed by atoms with Gasteiger partial charge in [-0.15, -0.1) is 12.6 Å². The van der Waals surface area contributed by atoms with E-state index >= 15 is 0 Å². The molecule has 0 aliphatic carbocycles. The van der Waals surface area contributed by atoms with E-state index in [1.807, 2.05) is 0 Å². The molecule has 0 bridgehead atoms. The van der Waals surface area contributed by atoms with Crippen molar-refractivity contribution in [3.8, 4) is 0 Å². The zero-order chi connectivity index (χ0) is 12.0. The third-order valence-electron chi connectivity index (χ3n) is 3.01. The second-order valence-corrected chi connectivity index (χ2v) is 5.26. The molecule has 0 spiro atoms.